The maximum absolute atomic E-state index is 12.5. The number of nitrogens with zero attached hydrogens (tertiary/aromatic N) is 1. The van der Waals surface area contributed by atoms with Gasteiger partial charge in [0.05, 0.1) is 11.0 Å². The lowest BCUT2D eigenvalue weighted by atomic mass is 10.1. The van der Waals surface area contributed by atoms with E-state index in [1.165, 1.54) is 4.57 Å². The highest BCUT2D eigenvalue weighted by Crippen LogP contribution is 2.19. The molecule has 0 aliphatic carbocycles. The second-order valence-electron chi connectivity index (χ2n) is 5.65. The van der Waals surface area contributed by atoms with Gasteiger partial charge in [0.25, 0.3) is 5.91 Å². The summed E-state index contributed by atoms with van der Waals surface area (Å²) in [6.45, 7) is 4.10. The van der Waals surface area contributed by atoms with Gasteiger partial charge in [-0.2, -0.15) is 0 Å². The summed E-state index contributed by atoms with van der Waals surface area (Å²) in [5, 5.41) is 2.87. The highest BCUT2D eigenvalue weighted by molar-refractivity contribution is 14.1. The van der Waals surface area contributed by atoms with Crippen LogP contribution in [0, 0.1) is 10.5 Å². The molecule has 0 radical (unpaired) electrons. The van der Waals surface area contributed by atoms with Crippen LogP contribution in [0.1, 0.15) is 22.8 Å². The first-order chi connectivity index (χ1) is 11.9. The van der Waals surface area contributed by atoms with Gasteiger partial charge in [0, 0.05) is 21.4 Å². The number of rotatable bonds is 3. The fraction of sp³-hybridized carbons (Fsp3) is 0.167. The molecule has 3 rings (SSSR count). The van der Waals surface area contributed by atoms with Crippen molar-refractivity contribution in [1.29, 1.82) is 0 Å². The minimum atomic E-state index is -0.694. The van der Waals surface area contributed by atoms with Gasteiger partial charge in [0.15, 0.2) is 0 Å². The zero-order valence-electron chi connectivity index (χ0n) is 13.7. The molecule has 7 heteroatoms. The number of carbonyl (C=O) groups is 1. The minimum Gasteiger partial charge on any atom is -0.322 e. The van der Waals surface area contributed by atoms with Crippen molar-refractivity contribution in [3.05, 3.63) is 71.8 Å². The molecule has 0 atom stereocenters. The zero-order valence-corrected chi connectivity index (χ0v) is 15.9. The predicted molar refractivity (Wildman–Crippen MR) is 106 cm³/mol. The third kappa shape index (κ3) is 3.37. The Hall–Kier alpha value is -2.42. The molecule has 1 heterocycles. The number of fused-ring (bicyclic) bond motifs is 1. The first-order valence-corrected chi connectivity index (χ1v) is 8.83. The first kappa shape index (κ1) is 17.4. The van der Waals surface area contributed by atoms with Crippen molar-refractivity contribution in [2.75, 3.05) is 5.32 Å². The number of nitrogens with one attached hydrogen (secondary N) is 2. The number of benzene rings is 2. The van der Waals surface area contributed by atoms with Crippen LogP contribution in [0.2, 0.25) is 0 Å². The van der Waals surface area contributed by atoms with Crippen molar-refractivity contribution in [2.45, 2.75) is 20.4 Å². The summed E-state index contributed by atoms with van der Waals surface area (Å²) in [5.74, 6) is -0.277. The van der Waals surface area contributed by atoms with E-state index < -0.39 is 11.1 Å². The molecule has 3 aromatic rings. The number of aromatic nitrogens is 2. The van der Waals surface area contributed by atoms with Gasteiger partial charge in [0.1, 0.15) is 0 Å². The van der Waals surface area contributed by atoms with Gasteiger partial charge in [0.2, 0.25) is 0 Å². The van der Waals surface area contributed by atoms with Gasteiger partial charge in [-0.05, 0) is 78.4 Å². The SMILES string of the molecule is CCn1c(=O)c(=O)[nH]c2cc(C(=O)Nc3ccc(I)cc3C)ccc21. The molecule has 25 heavy (non-hydrogen) atoms. The van der Waals surface area contributed by atoms with Crippen molar-refractivity contribution in [2.24, 2.45) is 0 Å². The number of hydrogen-bond acceptors (Lipinski definition) is 3. The van der Waals surface area contributed by atoms with Crippen molar-refractivity contribution in [3.63, 3.8) is 0 Å². The number of H-pyrrole nitrogens is 1. The van der Waals surface area contributed by atoms with Gasteiger partial charge >= 0.3 is 11.1 Å². The van der Waals surface area contributed by atoms with E-state index in [-0.39, 0.29) is 5.91 Å². The maximum atomic E-state index is 12.5. The second-order valence-corrected chi connectivity index (χ2v) is 6.89. The average molecular weight is 449 g/mol. The molecule has 0 unspecified atom stereocenters. The van der Waals surface area contributed by atoms with E-state index in [1.807, 2.05) is 25.1 Å². The molecule has 1 amide bonds. The van der Waals surface area contributed by atoms with E-state index in [9.17, 15) is 14.4 Å². The number of carbonyl (C=O) groups excluding carboxylic acids is 1. The van der Waals surface area contributed by atoms with E-state index in [0.29, 0.717) is 23.1 Å². The molecule has 1 aromatic heterocycles. The lowest BCUT2D eigenvalue weighted by molar-refractivity contribution is 0.102. The Bertz CT molecular complexity index is 1100. The lowest BCUT2D eigenvalue weighted by Crippen LogP contribution is -2.36. The standard InChI is InChI=1S/C18H16IN3O3/c1-3-22-15-7-4-11(9-14(15)21-17(24)18(22)25)16(23)20-13-6-5-12(19)8-10(13)2/h4-9H,3H2,1-2H3,(H,20,23)(H,21,24). The first-order valence-electron chi connectivity index (χ1n) is 7.75. The molecule has 0 aliphatic heterocycles. The van der Waals surface area contributed by atoms with E-state index in [2.05, 4.69) is 32.9 Å². The molecule has 0 fully saturated rings. The minimum absolute atomic E-state index is 0.277. The number of halogens is 1. The summed E-state index contributed by atoms with van der Waals surface area (Å²) >= 11 is 2.21. The lowest BCUT2D eigenvalue weighted by Gasteiger charge is -2.11. The maximum Gasteiger partial charge on any atom is 0.316 e. The summed E-state index contributed by atoms with van der Waals surface area (Å²) in [7, 11) is 0. The normalized spacial score (nSPS) is 10.8. The molecule has 2 aromatic carbocycles. The molecule has 6 nitrogen and oxygen atoms in total. The van der Waals surface area contributed by atoms with E-state index in [4.69, 9.17) is 0 Å². The number of anilines is 1. The number of aryl methyl sites for hydroxylation is 2. The third-order valence-electron chi connectivity index (χ3n) is 3.99. The van der Waals surface area contributed by atoms with Crippen LogP contribution in [0.4, 0.5) is 5.69 Å². The zero-order chi connectivity index (χ0) is 18.1. The van der Waals surface area contributed by atoms with Gasteiger partial charge in [-0.15, -0.1) is 0 Å². The van der Waals surface area contributed by atoms with Crippen molar-refractivity contribution in [3.8, 4) is 0 Å². The fourth-order valence-electron chi connectivity index (χ4n) is 2.70. The highest BCUT2D eigenvalue weighted by atomic mass is 127. The quantitative estimate of drug-likeness (QED) is 0.477. The Labute approximate surface area is 157 Å². The summed E-state index contributed by atoms with van der Waals surface area (Å²) in [6.07, 6.45) is 0. The highest BCUT2D eigenvalue weighted by Gasteiger charge is 2.12. The van der Waals surface area contributed by atoms with Gasteiger partial charge in [-0.25, -0.2) is 0 Å². The van der Waals surface area contributed by atoms with Gasteiger partial charge in [-0.3, -0.25) is 14.4 Å². The van der Waals surface area contributed by atoms with Crippen LogP contribution >= 0.6 is 22.6 Å². The summed E-state index contributed by atoms with van der Waals surface area (Å²) in [4.78, 5) is 38.7. The smallest absolute Gasteiger partial charge is 0.316 e. The Morgan fingerprint density at radius 3 is 2.64 bits per heavy atom. The van der Waals surface area contributed by atoms with Crippen LogP contribution in [0.5, 0.6) is 0 Å². The predicted octanol–water partition coefficient (Wildman–Crippen LogP) is 2.88. The Morgan fingerprint density at radius 2 is 1.96 bits per heavy atom. The van der Waals surface area contributed by atoms with Crippen LogP contribution in [0.15, 0.2) is 46.0 Å². The van der Waals surface area contributed by atoms with Crippen LogP contribution < -0.4 is 16.4 Å². The van der Waals surface area contributed by atoms with E-state index in [0.717, 1.165) is 14.8 Å². The number of hydrogen-bond donors (Lipinski definition) is 2. The van der Waals surface area contributed by atoms with Crippen molar-refractivity contribution in [1.82, 2.24) is 9.55 Å². The number of aromatic amines is 1. The number of amides is 1. The Morgan fingerprint density at radius 1 is 1.20 bits per heavy atom. The summed E-state index contributed by atoms with van der Waals surface area (Å²) in [5.41, 5.74) is 1.86. The van der Waals surface area contributed by atoms with E-state index >= 15 is 0 Å². The molecule has 0 saturated carbocycles. The van der Waals surface area contributed by atoms with Crippen molar-refractivity contribution < 1.29 is 4.79 Å². The second kappa shape index (κ2) is 6.83. The molecule has 0 spiro atoms. The van der Waals surface area contributed by atoms with Gasteiger partial charge < -0.3 is 14.9 Å². The summed E-state index contributed by atoms with van der Waals surface area (Å²) in [6, 6.07) is 10.6. The summed E-state index contributed by atoms with van der Waals surface area (Å²) < 4.78 is 2.48. The van der Waals surface area contributed by atoms with Crippen LogP contribution in [0.25, 0.3) is 11.0 Å². The Balaban J connectivity index is 2.01. The third-order valence-corrected chi connectivity index (χ3v) is 4.66. The Kier molecular flexibility index (Phi) is 4.76. The molecule has 0 aliphatic rings. The van der Waals surface area contributed by atoms with E-state index in [1.54, 1.807) is 25.1 Å². The molecule has 0 saturated heterocycles. The van der Waals surface area contributed by atoms with Gasteiger partial charge in [-0.1, -0.05) is 0 Å². The topological polar surface area (TPSA) is 84.0 Å². The molecule has 0 bridgehead atoms. The monoisotopic (exact) mass is 449 g/mol. The molecule has 2 N–H and O–H groups in total. The van der Waals surface area contributed by atoms with Crippen LogP contribution in [-0.4, -0.2) is 15.5 Å². The molecule has 128 valence electrons. The van der Waals surface area contributed by atoms with Crippen LogP contribution in [-0.2, 0) is 6.54 Å². The average Bonchev–Trinajstić information content (AvgIpc) is 2.58. The fourth-order valence-corrected chi connectivity index (χ4v) is 3.34. The molecular weight excluding hydrogens is 433 g/mol. The van der Waals surface area contributed by atoms with Crippen LogP contribution in [0.3, 0.4) is 0 Å². The largest absolute Gasteiger partial charge is 0.322 e. The molecular formula is C18H16IN3O3. The van der Waals surface area contributed by atoms with Crippen molar-refractivity contribution >= 4 is 45.2 Å².